The molecule has 24 heavy (non-hydrogen) atoms. The van der Waals surface area contributed by atoms with Crippen LogP contribution in [0.1, 0.15) is 55.6 Å². The van der Waals surface area contributed by atoms with Crippen LogP contribution >= 0.6 is 0 Å². The largest absolute Gasteiger partial charge is 0.338 e. The third-order valence-electron chi connectivity index (χ3n) is 5.39. The van der Waals surface area contributed by atoms with E-state index < -0.39 is 0 Å². The van der Waals surface area contributed by atoms with Gasteiger partial charge in [0.15, 0.2) is 5.82 Å². The fourth-order valence-electron chi connectivity index (χ4n) is 3.90. The minimum absolute atomic E-state index is 0.0158. The number of amides is 2. The van der Waals surface area contributed by atoms with E-state index in [0.717, 1.165) is 25.9 Å². The van der Waals surface area contributed by atoms with Gasteiger partial charge in [-0.3, -0.25) is 4.79 Å². The summed E-state index contributed by atoms with van der Waals surface area (Å²) in [5.74, 6) is 1.02. The van der Waals surface area contributed by atoms with Gasteiger partial charge < -0.3 is 14.8 Å². The minimum atomic E-state index is -0.139. The van der Waals surface area contributed by atoms with Crippen molar-refractivity contribution in [3.05, 3.63) is 18.2 Å². The Morgan fingerprint density at radius 3 is 2.71 bits per heavy atom. The molecule has 1 N–H and O–H groups in total. The fourth-order valence-corrected chi connectivity index (χ4v) is 3.90. The van der Waals surface area contributed by atoms with E-state index in [1.165, 1.54) is 32.1 Å². The molecule has 1 aliphatic carbocycles. The van der Waals surface area contributed by atoms with Crippen molar-refractivity contribution >= 4 is 11.8 Å². The molecule has 1 saturated heterocycles. The lowest BCUT2D eigenvalue weighted by Crippen LogP contribution is -2.48. The Hall–Kier alpha value is -1.85. The highest BCUT2D eigenvalue weighted by Gasteiger charge is 2.30. The Balaban J connectivity index is 1.52. The van der Waals surface area contributed by atoms with E-state index in [1.807, 2.05) is 7.05 Å². The van der Waals surface area contributed by atoms with Crippen molar-refractivity contribution in [1.82, 2.24) is 19.8 Å². The molecule has 0 spiro atoms. The van der Waals surface area contributed by atoms with Crippen molar-refractivity contribution in [3.63, 3.8) is 0 Å². The number of Topliss-reactive ketones (excluding diaryl/α,β-unsaturated/α-hetero) is 1. The number of hydrogen-bond acceptors (Lipinski definition) is 3. The number of piperidine rings is 1. The predicted molar refractivity (Wildman–Crippen MR) is 91.8 cm³/mol. The number of likely N-dealkylation sites (tertiary alicyclic amines) is 1. The molecule has 1 unspecified atom stereocenters. The molecule has 132 valence electrons. The minimum Gasteiger partial charge on any atom is -0.338 e. The van der Waals surface area contributed by atoms with Crippen LogP contribution in [0.5, 0.6) is 0 Å². The summed E-state index contributed by atoms with van der Waals surface area (Å²) >= 11 is 0. The maximum atomic E-state index is 12.6. The number of aromatic nitrogens is 2. The van der Waals surface area contributed by atoms with Gasteiger partial charge >= 0.3 is 6.03 Å². The molecule has 2 amide bonds. The Kier molecular flexibility index (Phi) is 5.53. The molecule has 6 heteroatoms. The average Bonchev–Trinajstić information content (AvgIpc) is 3.06. The summed E-state index contributed by atoms with van der Waals surface area (Å²) in [5, 5.41) is 3.08. The van der Waals surface area contributed by atoms with Crippen molar-refractivity contribution in [1.29, 1.82) is 0 Å². The molecule has 6 nitrogen and oxygen atoms in total. The molecule has 0 radical (unpaired) electrons. The second-order valence-corrected chi connectivity index (χ2v) is 7.20. The summed E-state index contributed by atoms with van der Waals surface area (Å²) in [6.45, 7) is 2.01. The van der Waals surface area contributed by atoms with Crippen molar-refractivity contribution in [2.45, 2.75) is 44.9 Å². The number of carbonyl (C=O) groups is 2. The second-order valence-electron chi connectivity index (χ2n) is 7.20. The molecule has 0 aromatic carbocycles. The van der Waals surface area contributed by atoms with Gasteiger partial charge in [0.25, 0.3) is 0 Å². The number of ketones is 1. The lowest BCUT2D eigenvalue weighted by molar-refractivity contribution is 0.0831. The maximum Gasteiger partial charge on any atom is 0.317 e. The molecule has 2 heterocycles. The van der Waals surface area contributed by atoms with Gasteiger partial charge in [-0.15, -0.1) is 0 Å². The number of rotatable bonds is 4. The van der Waals surface area contributed by atoms with Gasteiger partial charge in [-0.2, -0.15) is 0 Å². The first-order valence-electron chi connectivity index (χ1n) is 9.19. The number of aryl methyl sites for hydroxylation is 1. The predicted octanol–water partition coefficient (Wildman–Crippen LogP) is 2.60. The Morgan fingerprint density at radius 1 is 1.21 bits per heavy atom. The Bertz CT molecular complexity index is 577. The number of nitrogens with zero attached hydrogens (tertiary/aromatic N) is 3. The van der Waals surface area contributed by atoms with E-state index in [0.29, 0.717) is 18.3 Å². The quantitative estimate of drug-likeness (QED) is 0.862. The van der Waals surface area contributed by atoms with Crippen LogP contribution in [0.2, 0.25) is 0 Å². The van der Waals surface area contributed by atoms with Gasteiger partial charge in [-0.1, -0.05) is 19.3 Å². The van der Waals surface area contributed by atoms with Gasteiger partial charge in [-0.25, -0.2) is 9.78 Å². The number of imidazole rings is 1. The molecule has 1 atom stereocenters. The van der Waals surface area contributed by atoms with Crippen LogP contribution in [-0.2, 0) is 7.05 Å². The zero-order chi connectivity index (χ0) is 16.9. The van der Waals surface area contributed by atoms with Crippen molar-refractivity contribution in [3.8, 4) is 0 Å². The second kappa shape index (κ2) is 7.81. The van der Waals surface area contributed by atoms with Crippen LogP contribution in [0, 0.1) is 11.8 Å². The standard InChI is InChI=1S/C18H28N4O2/c1-21-11-9-19-17(21)16(23)15-8-5-10-22(13-15)18(24)20-12-14-6-3-2-4-7-14/h9,11,14-15H,2-8,10,12-13H2,1H3,(H,20,24). The first-order chi connectivity index (χ1) is 11.6. The highest BCUT2D eigenvalue weighted by atomic mass is 16.2. The number of hydrogen-bond donors (Lipinski definition) is 1. The topological polar surface area (TPSA) is 67.2 Å². The van der Waals surface area contributed by atoms with E-state index >= 15 is 0 Å². The van der Waals surface area contributed by atoms with E-state index in [4.69, 9.17) is 0 Å². The molecule has 3 rings (SSSR count). The SMILES string of the molecule is Cn1ccnc1C(=O)C1CCCN(C(=O)NCC2CCCCC2)C1. The zero-order valence-electron chi connectivity index (χ0n) is 14.5. The molecular formula is C18H28N4O2. The fraction of sp³-hybridized carbons (Fsp3) is 0.722. The smallest absolute Gasteiger partial charge is 0.317 e. The van der Waals surface area contributed by atoms with Crippen LogP contribution in [-0.4, -0.2) is 45.9 Å². The highest BCUT2D eigenvalue weighted by molar-refractivity contribution is 5.95. The first-order valence-corrected chi connectivity index (χ1v) is 9.19. The van der Waals surface area contributed by atoms with E-state index in [-0.39, 0.29) is 17.7 Å². The molecule has 0 bridgehead atoms. The monoisotopic (exact) mass is 332 g/mol. The lowest BCUT2D eigenvalue weighted by atomic mass is 9.89. The van der Waals surface area contributed by atoms with Gasteiger partial charge in [0.1, 0.15) is 0 Å². The summed E-state index contributed by atoms with van der Waals surface area (Å²) in [5.41, 5.74) is 0. The first kappa shape index (κ1) is 17.0. The summed E-state index contributed by atoms with van der Waals surface area (Å²) in [4.78, 5) is 31.0. The normalized spacial score (nSPS) is 22.4. The Labute approximate surface area is 143 Å². The number of urea groups is 1. The Morgan fingerprint density at radius 2 is 2.00 bits per heavy atom. The molecule has 2 fully saturated rings. The molecule has 1 aromatic heterocycles. The van der Waals surface area contributed by atoms with Crippen molar-refractivity contribution in [2.24, 2.45) is 18.9 Å². The van der Waals surface area contributed by atoms with Gasteiger partial charge in [0.2, 0.25) is 5.78 Å². The van der Waals surface area contributed by atoms with Crippen LogP contribution < -0.4 is 5.32 Å². The van der Waals surface area contributed by atoms with E-state index in [2.05, 4.69) is 10.3 Å². The molecule has 2 aliphatic rings. The summed E-state index contributed by atoms with van der Waals surface area (Å²) in [6, 6.07) is -0.0158. The molecular weight excluding hydrogens is 304 g/mol. The van der Waals surface area contributed by atoms with E-state index in [1.54, 1.807) is 21.9 Å². The summed E-state index contributed by atoms with van der Waals surface area (Å²) in [7, 11) is 1.83. The van der Waals surface area contributed by atoms with Crippen LogP contribution in [0.15, 0.2) is 12.4 Å². The maximum absolute atomic E-state index is 12.6. The van der Waals surface area contributed by atoms with Crippen molar-refractivity contribution in [2.75, 3.05) is 19.6 Å². The molecule has 1 aliphatic heterocycles. The average molecular weight is 332 g/mol. The van der Waals surface area contributed by atoms with Crippen LogP contribution in [0.4, 0.5) is 4.79 Å². The molecule has 1 aromatic rings. The molecule has 1 saturated carbocycles. The third-order valence-corrected chi connectivity index (χ3v) is 5.39. The zero-order valence-corrected chi connectivity index (χ0v) is 14.5. The van der Waals surface area contributed by atoms with Crippen LogP contribution in [0.3, 0.4) is 0 Å². The number of carbonyl (C=O) groups excluding carboxylic acids is 2. The van der Waals surface area contributed by atoms with Gasteiger partial charge in [0.05, 0.1) is 0 Å². The lowest BCUT2D eigenvalue weighted by Gasteiger charge is -2.32. The third kappa shape index (κ3) is 3.97. The number of nitrogens with one attached hydrogen (secondary N) is 1. The highest BCUT2D eigenvalue weighted by Crippen LogP contribution is 2.23. The van der Waals surface area contributed by atoms with E-state index in [9.17, 15) is 9.59 Å². The van der Waals surface area contributed by atoms with Crippen LogP contribution in [0.25, 0.3) is 0 Å². The van der Waals surface area contributed by atoms with Crippen molar-refractivity contribution < 1.29 is 9.59 Å². The summed E-state index contributed by atoms with van der Waals surface area (Å²) in [6.07, 6.45) is 11.5. The summed E-state index contributed by atoms with van der Waals surface area (Å²) < 4.78 is 1.75. The van der Waals surface area contributed by atoms with Gasteiger partial charge in [0, 0.05) is 45.0 Å². The van der Waals surface area contributed by atoms with Gasteiger partial charge in [-0.05, 0) is 31.6 Å².